The van der Waals surface area contributed by atoms with Crippen LogP contribution in [0.1, 0.15) is 18.1 Å². The van der Waals surface area contributed by atoms with Gasteiger partial charge < -0.3 is 15.7 Å². The number of phenolic OH excluding ortho intramolecular Hbond substituents is 1. The van der Waals surface area contributed by atoms with Crippen LogP contribution in [0, 0.1) is 0 Å². The lowest BCUT2D eigenvalue weighted by Gasteiger charge is -2.31. The van der Waals surface area contributed by atoms with Crippen molar-refractivity contribution in [2.24, 2.45) is 0 Å². The fourth-order valence-electron chi connectivity index (χ4n) is 1.95. The molecular formula is C11H14N2O. The SMILES string of the molecule is CC1=C(N(C)C)c2cc(O)c(N)cc21. The van der Waals surface area contributed by atoms with Crippen molar-refractivity contribution in [2.45, 2.75) is 6.92 Å². The molecule has 0 radical (unpaired) electrons. The van der Waals surface area contributed by atoms with Crippen LogP contribution in [0.2, 0.25) is 0 Å². The van der Waals surface area contributed by atoms with Crippen LogP contribution in [0.4, 0.5) is 5.69 Å². The van der Waals surface area contributed by atoms with Crippen LogP contribution >= 0.6 is 0 Å². The molecule has 1 aromatic rings. The predicted octanol–water partition coefficient (Wildman–Crippen LogP) is 1.74. The topological polar surface area (TPSA) is 49.5 Å². The highest BCUT2D eigenvalue weighted by molar-refractivity contribution is 6.03. The number of fused-ring (bicyclic) bond motifs is 1. The van der Waals surface area contributed by atoms with E-state index in [0.717, 1.165) is 11.1 Å². The van der Waals surface area contributed by atoms with E-state index in [4.69, 9.17) is 5.73 Å². The first-order chi connectivity index (χ1) is 6.52. The van der Waals surface area contributed by atoms with Gasteiger partial charge in [-0.15, -0.1) is 0 Å². The number of rotatable bonds is 1. The van der Waals surface area contributed by atoms with Crippen molar-refractivity contribution in [3.63, 3.8) is 0 Å². The summed E-state index contributed by atoms with van der Waals surface area (Å²) in [5, 5.41) is 9.48. The Morgan fingerprint density at radius 2 is 1.86 bits per heavy atom. The molecule has 0 saturated carbocycles. The van der Waals surface area contributed by atoms with E-state index in [2.05, 4.69) is 6.92 Å². The molecule has 14 heavy (non-hydrogen) atoms. The number of aromatic hydroxyl groups is 1. The molecule has 1 aliphatic rings. The van der Waals surface area contributed by atoms with Crippen LogP contribution < -0.4 is 5.73 Å². The number of nitrogens with zero attached hydrogens (tertiary/aromatic N) is 1. The van der Waals surface area contributed by atoms with E-state index in [9.17, 15) is 5.11 Å². The van der Waals surface area contributed by atoms with Gasteiger partial charge in [0.25, 0.3) is 0 Å². The average Bonchev–Trinajstić information content (AvgIpc) is 2.10. The standard InChI is InChI=1S/C11H14N2O/c1-6-7-4-9(12)10(14)5-8(7)11(6)13(2)3/h4-5,14H,12H2,1-3H3. The van der Waals surface area contributed by atoms with Gasteiger partial charge in [0.2, 0.25) is 0 Å². The summed E-state index contributed by atoms with van der Waals surface area (Å²) in [6.45, 7) is 2.06. The average molecular weight is 190 g/mol. The normalized spacial score (nSPS) is 13.6. The van der Waals surface area contributed by atoms with Crippen LogP contribution in [0.3, 0.4) is 0 Å². The molecule has 1 aliphatic carbocycles. The maximum absolute atomic E-state index is 9.48. The third-order valence-corrected chi connectivity index (χ3v) is 2.63. The minimum absolute atomic E-state index is 0.163. The molecule has 3 N–H and O–H groups in total. The van der Waals surface area contributed by atoms with Gasteiger partial charge in [0.15, 0.2) is 0 Å². The van der Waals surface area contributed by atoms with Crippen molar-refractivity contribution in [2.75, 3.05) is 19.8 Å². The van der Waals surface area contributed by atoms with Gasteiger partial charge in [-0.25, -0.2) is 0 Å². The van der Waals surface area contributed by atoms with Crippen LogP contribution in [-0.2, 0) is 0 Å². The fourth-order valence-corrected chi connectivity index (χ4v) is 1.95. The van der Waals surface area contributed by atoms with Crippen LogP contribution in [-0.4, -0.2) is 24.1 Å². The molecule has 74 valence electrons. The van der Waals surface area contributed by atoms with Gasteiger partial charge in [0.05, 0.1) is 5.69 Å². The Labute approximate surface area is 83.5 Å². The highest BCUT2D eigenvalue weighted by Crippen LogP contribution is 2.44. The molecule has 0 amide bonds. The zero-order valence-corrected chi connectivity index (χ0v) is 8.63. The Bertz CT molecular complexity index is 433. The van der Waals surface area contributed by atoms with Crippen molar-refractivity contribution in [1.29, 1.82) is 0 Å². The lowest BCUT2D eigenvalue weighted by atomic mass is 9.84. The summed E-state index contributed by atoms with van der Waals surface area (Å²) in [5.41, 5.74) is 10.7. The number of benzene rings is 1. The van der Waals surface area contributed by atoms with Crippen molar-refractivity contribution in [3.05, 3.63) is 23.3 Å². The highest BCUT2D eigenvalue weighted by atomic mass is 16.3. The number of hydrogen-bond acceptors (Lipinski definition) is 3. The summed E-state index contributed by atoms with van der Waals surface area (Å²) in [6.07, 6.45) is 0. The van der Waals surface area contributed by atoms with E-state index in [1.165, 1.54) is 11.3 Å². The van der Waals surface area contributed by atoms with Gasteiger partial charge >= 0.3 is 0 Å². The monoisotopic (exact) mass is 190 g/mol. The molecule has 3 heteroatoms. The first-order valence-corrected chi connectivity index (χ1v) is 4.54. The minimum atomic E-state index is 0.163. The van der Waals surface area contributed by atoms with Gasteiger partial charge in [0, 0.05) is 25.4 Å². The van der Waals surface area contributed by atoms with Gasteiger partial charge in [-0.05, 0) is 30.2 Å². The summed E-state index contributed by atoms with van der Waals surface area (Å²) in [6, 6.07) is 3.56. The van der Waals surface area contributed by atoms with Crippen molar-refractivity contribution in [3.8, 4) is 5.75 Å². The van der Waals surface area contributed by atoms with Crippen molar-refractivity contribution >= 4 is 17.0 Å². The smallest absolute Gasteiger partial charge is 0.139 e. The lowest BCUT2D eigenvalue weighted by Crippen LogP contribution is -2.19. The molecule has 0 aliphatic heterocycles. The Kier molecular flexibility index (Phi) is 1.71. The molecule has 2 rings (SSSR count). The highest BCUT2D eigenvalue weighted by Gasteiger charge is 2.25. The molecule has 0 bridgehead atoms. The molecule has 0 saturated heterocycles. The van der Waals surface area contributed by atoms with E-state index >= 15 is 0 Å². The third-order valence-electron chi connectivity index (χ3n) is 2.63. The van der Waals surface area contributed by atoms with Gasteiger partial charge in [0.1, 0.15) is 5.75 Å². The minimum Gasteiger partial charge on any atom is -0.506 e. The first-order valence-electron chi connectivity index (χ1n) is 4.54. The second kappa shape index (κ2) is 2.67. The molecule has 3 nitrogen and oxygen atoms in total. The van der Waals surface area contributed by atoms with Gasteiger partial charge in [-0.2, -0.15) is 0 Å². The zero-order valence-electron chi connectivity index (χ0n) is 8.63. The second-order valence-electron chi connectivity index (χ2n) is 3.82. The Morgan fingerprint density at radius 3 is 2.43 bits per heavy atom. The second-order valence-corrected chi connectivity index (χ2v) is 3.82. The molecule has 0 atom stereocenters. The number of nitrogen functional groups attached to an aromatic ring is 1. The van der Waals surface area contributed by atoms with Crippen LogP contribution in [0.15, 0.2) is 12.1 Å². The van der Waals surface area contributed by atoms with Crippen molar-refractivity contribution in [1.82, 2.24) is 4.90 Å². The summed E-state index contributed by atoms with van der Waals surface area (Å²) >= 11 is 0. The van der Waals surface area contributed by atoms with Crippen LogP contribution in [0.25, 0.3) is 11.3 Å². The molecule has 0 unspecified atom stereocenters. The van der Waals surface area contributed by atoms with Crippen LogP contribution in [0.5, 0.6) is 5.75 Å². The number of anilines is 1. The Balaban J connectivity index is 2.54. The third kappa shape index (κ3) is 0.985. The number of nitrogens with two attached hydrogens (primary N) is 1. The maximum atomic E-state index is 9.48. The summed E-state index contributed by atoms with van der Waals surface area (Å²) < 4.78 is 0. The fraction of sp³-hybridized carbons (Fsp3) is 0.273. The summed E-state index contributed by atoms with van der Waals surface area (Å²) in [7, 11) is 3.99. The molecule has 0 fully saturated rings. The predicted molar refractivity (Wildman–Crippen MR) is 58.7 cm³/mol. The van der Waals surface area contributed by atoms with Crippen molar-refractivity contribution < 1.29 is 5.11 Å². The molecular weight excluding hydrogens is 176 g/mol. The lowest BCUT2D eigenvalue weighted by molar-refractivity contribution is 0.477. The zero-order chi connectivity index (χ0) is 10.5. The summed E-state index contributed by atoms with van der Waals surface area (Å²) in [5.74, 6) is 0.163. The molecule has 1 aromatic carbocycles. The van der Waals surface area contributed by atoms with E-state index < -0.39 is 0 Å². The Morgan fingerprint density at radius 1 is 1.21 bits per heavy atom. The van der Waals surface area contributed by atoms with E-state index in [1.807, 2.05) is 25.1 Å². The molecule has 0 heterocycles. The first kappa shape index (κ1) is 8.94. The van der Waals surface area contributed by atoms with E-state index in [1.54, 1.807) is 6.07 Å². The van der Waals surface area contributed by atoms with E-state index in [-0.39, 0.29) is 5.75 Å². The molecule has 0 aromatic heterocycles. The summed E-state index contributed by atoms with van der Waals surface area (Å²) in [4.78, 5) is 2.05. The number of hydrogen-bond donors (Lipinski definition) is 2. The van der Waals surface area contributed by atoms with Gasteiger partial charge in [-0.3, -0.25) is 0 Å². The molecule has 0 spiro atoms. The quantitative estimate of drug-likeness (QED) is 0.524. The largest absolute Gasteiger partial charge is 0.506 e. The maximum Gasteiger partial charge on any atom is 0.139 e. The number of phenols is 1. The van der Waals surface area contributed by atoms with Gasteiger partial charge in [-0.1, -0.05) is 0 Å². The van der Waals surface area contributed by atoms with E-state index in [0.29, 0.717) is 5.69 Å². The Hall–Kier alpha value is -1.64. The number of allylic oxidation sites excluding steroid dienone is 1.